The molecule has 1 aliphatic carbocycles. The van der Waals surface area contributed by atoms with E-state index in [1.165, 1.54) is 19.3 Å². The van der Waals surface area contributed by atoms with Gasteiger partial charge in [0, 0.05) is 28.8 Å². The van der Waals surface area contributed by atoms with Crippen molar-refractivity contribution in [3.05, 3.63) is 59.0 Å². The fraction of sp³-hybridized carbons (Fsp3) is 0.316. The number of hydrogen-bond donors (Lipinski definition) is 2. The van der Waals surface area contributed by atoms with E-state index in [1.807, 2.05) is 43.5 Å². The van der Waals surface area contributed by atoms with Crippen molar-refractivity contribution in [3.8, 4) is 5.69 Å². The standard InChI is InChI=1S/C19H20ClN5O/c1-12(14-10-21-25(11-14)16-7-3-6-15(20)8-16)19(26)22-18-9-17(23-24-18)13-4-2-5-13/h3,6-13H,2,4-5H2,1H3,(H2,22,23,24,26)/t12-/m1/s1. The molecule has 1 atom stereocenters. The maximum Gasteiger partial charge on any atom is 0.232 e. The zero-order valence-corrected chi connectivity index (χ0v) is 15.2. The number of rotatable bonds is 5. The molecule has 1 aliphatic rings. The number of carbonyl (C=O) groups is 1. The molecule has 1 saturated carbocycles. The fourth-order valence-corrected chi connectivity index (χ4v) is 3.21. The van der Waals surface area contributed by atoms with Crippen LogP contribution in [0.3, 0.4) is 0 Å². The van der Waals surface area contributed by atoms with Crippen molar-refractivity contribution in [1.29, 1.82) is 0 Å². The zero-order chi connectivity index (χ0) is 18.1. The first-order valence-electron chi connectivity index (χ1n) is 8.77. The van der Waals surface area contributed by atoms with Crippen LogP contribution in [0.1, 0.15) is 49.3 Å². The van der Waals surface area contributed by atoms with Crippen LogP contribution in [-0.2, 0) is 4.79 Å². The lowest BCUT2D eigenvalue weighted by Gasteiger charge is -2.22. The van der Waals surface area contributed by atoms with Gasteiger partial charge >= 0.3 is 0 Å². The van der Waals surface area contributed by atoms with Gasteiger partial charge in [0.25, 0.3) is 0 Å². The summed E-state index contributed by atoms with van der Waals surface area (Å²) in [4.78, 5) is 12.6. The number of halogens is 1. The van der Waals surface area contributed by atoms with Crippen LogP contribution in [0.5, 0.6) is 0 Å². The summed E-state index contributed by atoms with van der Waals surface area (Å²) in [6.07, 6.45) is 7.17. The third kappa shape index (κ3) is 3.37. The van der Waals surface area contributed by atoms with Crippen LogP contribution in [0.15, 0.2) is 42.7 Å². The maximum atomic E-state index is 12.6. The minimum absolute atomic E-state index is 0.0977. The van der Waals surface area contributed by atoms with Crippen LogP contribution in [0, 0.1) is 0 Å². The Hall–Kier alpha value is -2.60. The number of benzene rings is 1. The number of anilines is 1. The number of carbonyl (C=O) groups excluding carboxylic acids is 1. The van der Waals surface area contributed by atoms with Gasteiger partial charge in [-0.2, -0.15) is 10.2 Å². The van der Waals surface area contributed by atoms with Gasteiger partial charge in [-0.25, -0.2) is 4.68 Å². The molecule has 0 bridgehead atoms. The van der Waals surface area contributed by atoms with Crippen molar-refractivity contribution >= 4 is 23.3 Å². The molecule has 0 spiro atoms. The molecule has 0 radical (unpaired) electrons. The molecule has 1 amide bonds. The van der Waals surface area contributed by atoms with Crippen molar-refractivity contribution in [3.63, 3.8) is 0 Å². The van der Waals surface area contributed by atoms with Gasteiger partial charge in [0.05, 0.1) is 23.5 Å². The van der Waals surface area contributed by atoms with Crippen LogP contribution in [-0.4, -0.2) is 25.9 Å². The normalized spacial score (nSPS) is 15.5. The summed E-state index contributed by atoms with van der Waals surface area (Å²) >= 11 is 6.03. The Balaban J connectivity index is 1.44. The highest BCUT2D eigenvalue weighted by molar-refractivity contribution is 6.30. The number of hydrogen-bond acceptors (Lipinski definition) is 3. The van der Waals surface area contributed by atoms with Gasteiger partial charge in [-0.05, 0) is 38.0 Å². The average Bonchev–Trinajstić information content (AvgIpc) is 3.22. The number of nitrogens with one attached hydrogen (secondary N) is 2. The highest BCUT2D eigenvalue weighted by atomic mass is 35.5. The van der Waals surface area contributed by atoms with Gasteiger partial charge in [0.2, 0.25) is 5.91 Å². The lowest BCUT2D eigenvalue weighted by atomic mass is 9.83. The summed E-state index contributed by atoms with van der Waals surface area (Å²) in [5.74, 6) is 0.745. The second kappa shape index (κ2) is 6.96. The summed E-state index contributed by atoms with van der Waals surface area (Å²) in [5.41, 5.74) is 2.73. The van der Waals surface area contributed by atoms with Crippen LogP contribution in [0.2, 0.25) is 5.02 Å². The van der Waals surface area contributed by atoms with Gasteiger partial charge in [0.15, 0.2) is 0 Å². The summed E-state index contributed by atoms with van der Waals surface area (Å²) in [6, 6.07) is 9.36. The second-order valence-corrected chi connectivity index (χ2v) is 7.18. The molecule has 2 N–H and O–H groups in total. The third-order valence-electron chi connectivity index (χ3n) is 4.95. The Bertz CT molecular complexity index is 927. The summed E-state index contributed by atoms with van der Waals surface area (Å²) < 4.78 is 1.72. The minimum atomic E-state index is -0.335. The molecule has 0 saturated heterocycles. The van der Waals surface area contributed by atoms with E-state index >= 15 is 0 Å². The summed E-state index contributed by atoms with van der Waals surface area (Å²) in [5, 5.41) is 15.1. The van der Waals surface area contributed by atoms with Crippen LogP contribution < -0.4 is 5.32 Å². The zero-order valence-electron chi connectivity index (χ0n) is 14.4. The van der Waals surface area contributed by atoms with Crippen molar-refractivity contribution in [1.82, 2.24) is 20.0 Å². The molecular formula is C19H20ClN5O. The second-order valence-electron chi connectivity index (χ2n) is 6.74. The van der Waals surface area contributed by atoms with Crippen molar-refractivity contribution in [2.24, 2.45) is 0 Å². The van der Waals surface area contributed by atoms with E-state index in [9.17, 15) is 4.79 Å². The molecule has 6 nitrogen and oxygen atoms in total. The average molecular weight is 370 g/mol. The van der Waals surface area contributed by atoms with Gasteiger partial charge < -0.3 is 5.32 Å². The molecular weight excluding hydrogens is 350 g/mol. The number of amides is 1. The largest absolute Gasteiger partial charge is 0.311 e. The Morgan fingerprint density at radius 3 is 2.96 bits per heavy atom. The quantitative estimate of drug-likeness (QED) is 0.705. The van der Waals surface area contributed by atoms with Crippen molar-refractivity contribution in [2.45, 2.75) is 38.0 Å². The van der Waals surface area contributed by atoms with E-state index in [2.05, 4.69) is 20.6 Å². The van der Waals surface area contributed by atoms with E-state index in [-0.39, 0.29) is 11.8 Å². The first kappa shape index (κ1) is 16.8. The predicted octanol–water partition coefficient (Wildman–Crippen LogP) is 4.26. The topological polar surface area (TPSA) is 75.6 Å². The molecule has 3 aromatic rings. The molecule has 0 aliphatic heterocycles. The third-order valence-corrected chi connectivity index (χ3v) is 5.18. The number of H-pyrrole nitrogens is 1. The van der Waals surface area contributed by atoms with E-state index in [0.29, 0.717) is 16.8 Å². The number of aromatic nitrogens is 4. The monoisotopic (exact) mass is 369 g/mol. The molecule has 26 heavy (non-hydrogen) atoms. The molecule has 134 valence electrons. The molecule has 4 rings (SSSR count). The molecule has 2 aromatic heterocycles. The molecule has 2 heterocycles. The first-order chi connectivity index (χ1) is 12.6. The van der Waals surface area contributed by atoms with Crippen molar-refractivity contribution < 1.29 is 4.79 Å². The van der Waals surface area contributed by atoms with E-state index < -0.39 is 0 Å². The van der Waals surface area contributed by atoms with E-state index in [4.69, 9.17) is 11.6 Å². The molecule has 0 unspecified atom stereocenters. The van der Waals surface area contributed by atoms with Gasteiger partial charge in [-0.3, -0.25) is 9.89 Å². The lowest BCUT2D eigenvalue weighted by Crippen LogP contribution is -2.18. The Kier molecular flexibility index (Phi) is 4.51. The Morgan fingerprint density at radius 2 is 2.23 bits per heavy atom. The molecule has 1 aromatic carbocycles. The molecule has 1 fully saturated rings. The van der Waals surface area contributed by atoms with Crippen LogP contribution >= 0.6 is 11.6 Å². The Morgan fingerprint density at radius 1 is 1.38 bits per heavy atom. The summed E-state index contributed by atoms with van der Waals surface area (Å²) in [6.45, 7) is 1.86. The number of nitrogens with zero attached hydrogens (tertiary/aromatic N) is 3. The van der Waals surface area contributed by atoms with Crippen molar-refractivity contribution in [2.75, 3.05) is 5.32 Å². The van der Waals surface area contributed by atoms with Gasteiger partial charge in [0.1, 0.15) is 5.82 Å². The maximum absolute atomic E-state index is 12.6. The first-order valence-corrected chi connectivity index (χ1v) is 9.14. The van der Waals surface area contributed by atoms with Crippen LogP contribution in [0.4, 0.5) is 5.82 Å². The van der Waals surface area contributed by atoms with E-state index in [1.54, 1.807) is 10.9 Å². The fourth-order valence-electron chi connectivity index (χ4n) is 3.03. The Labute approximate surface area is 156 Å². The predicted molar refractivity (Wildman–Crippen MR) is 101 cm³/mol. The molecule has 7 heteroatoms. The SMILES string of the molecule is C[C@@H](C(=O)Nc1cc(C2CCC2)n[nH]1)c1cnn(-c2cccc(Cl)c2)c1. The minimum Gasteiger partial charge on any atom is -0.311 e. The van der Waals surface area contributed by atoms with Crippen LogP contribution in [0.25, 0.3) is 5.69 Å². The number of aromatic amines is 1. The smallest absolute Gasteiger partial charge is 0.232 e. The van der Waals surface area contributed by atoms with E-state index in [0.717, 1.165) is 16.9 Å². The van der Waals surface area contributed by atoms with Gasteiger partial charge in [-0.15, -0.1) is 0 Å². The summed E-state index contributed by atoms with van der Waals surface area (Å²) in [7, 11) is 0. The highest BCUT2D eigenvalue weighted by Gasteiger charge is 2.23. The van der Waals surface area contributed by atoms with Gasteiger partial charge in [-0.1, -0.05) is 24.1 Å². The lowest BCUT2D eigenvalue weighted by molar-refractivity contribution is -0.117. The highest BCUT2D eigenvalue weighted by Crippen LogP contribution is 2.35.